The lowest BCUT2D eigenvalue weighted by atomic mass is 10.4. The topological polar surface area (TPSA) is 12.0 Å². The smallest absolute Gasteiger partial charge is 0.0274 e. The van der Waals surface area contributed by atoms with Crippen LogP contribution < -0.4 is 5.32 Å². The molecule has 1 fully saturated rings. The van der Waals surface area contributed by atoms with Crippen molar-refractivity contribution in [2.45, 2.75) is 17.9 Å². The molecular formula is C4H11NP2. The molecule has 0 amide bonds. The minimum absolute atomic E-state index is 0.644. The molecule has 3 heteroatoms. The van der Waals surface area contributed by atoms with Crippen LogP contribution in [-0.2, 0) is 0 Å². The zero-order valence-electron chi connectivity index (χ0n) is 4.22. The lowest BCUT2D eigenvalue weighted by molar-refractivity contribution is 0.812. The highest BCUT2D eigenvalue weighted by Gasteiger charge is 2.16. The number of rotatable bonds is 0. The van der Waals surface area contributed by atoms with E-state index in [-0.39, 0.29) is 0 Å². The Labute approximate surface area is 49.0 Å². The standard InChI is InChI=1S/C4H11NP2/c6-3-1-2-5-4(3)7/h3-5H,1-2,6-7H2. The first-order valence-corrected chi connectivity index (χ1v) is 3.88. The summed E-state index contributed by atoms with van der Waals surface area (Å²) in [5, 5.41) is 3.31. The lowest BCUT2D eigenvalue weighted by Gasteiger charge is -2.05. The molecule has 1 aliphatic heterocycles. The van der Waals surface area contributed by atoms with Crippen molar-refractivity contribution in [3.63, 3.8) is 0 Å². The molecule has 0 aromatic heterocycles. The van der Waals surface area contributed by atoms with E-state index in [4.69, 9.17) is 0 Å². The van der Waals surface area contributed by atoms with Gasteiger partial charge in [0.05, 0.1) is 0 Å². The first-order valence-electron chi connectivity index (χ1n) is 2.55. The second-order valence-electron chi connectivity index (χ2n) is 1.93. The van der Waals surface area contributed by atoms with E-state index in [9.17, 15) is 0 Å². The highest BCUT2D eigenvalue weighted by Crippen LogP contribution is 2.19. The van der Waals surface area contributed by atoms with Gasteiger partial charge in [-0.2, -0.15) is 0 Å². The molecule has 42 valence electrons. The van der Waals surface area contributed by atoms with E-state index in [1.807, 2.05) is 0 Å². The molecule has 1 aliphatic rings. The average Bonchev–Trinajstić information content (AvgIpc) is 1.91. The van der Waals surface area contributed by atoms with Crippen LogP contribution in [0.2, 0.25) is 0 Å². The molecule has 7 heavy (non-hydrogen) atoms. The van der Waals surface area contributed by atoms with Gasteiger partial charge in [0.1, 0.15) is 0 Å². The average molecular weight is 135 g/mol. The predicted octanol–water partition coefficient (Wildman–Crippen LogP) is 0.425. The zero-order valence-corrected chi connectivity index (χ0v) is 6.53. The quantitative estimate of drug-likeness (QED) is 0.475. The number of hydrogen-bond acceptors (Lipinski definition) is 1. The summed E-state index contributed by atoms with van der Waals surface area (Å²) in [5.41, 5.74) is 0.782. The summed E-state index contributed by atoms with van der Waals surface area (Å²) < 4.78 is 0. The van der Waals surface area contributed by atoms with E-state index >= 15 is 0 Å². The van der Waals surface area contributed by atoms with Crippen molar-refractivity contribution in [1.29, 1.82) is 0 Å². The Morgan fingerprint density at radius 2 is 2.14 bits per heavy atom. The molecule has 0 saturated carbocycles. The molecule has 4 atom stereocenters. The van der Waals surface area contributed by atoms with Crippen molar-refractivity contribution < 1.29 is 0 Å². The van der Waals surface area contributed by atoms with Crippen LogP contribution >= 0.6 is 18.5 Å². The van der Waals surface area contributed by atoms with Crippen LogP contribution in [0.25, 0.3) is 0 Å². The highest BCUT2D eigenvalue weighted by molar-refractivity contribution is 7.23. The van der Waals surface area contributed by atoms with Gasteiger partial charge in [-0.3, -0.25) is 0 Å². The van der Waals surface area contributed by atoms with Crippen LogP contribution in [0.1, 0.15) is 6.42 Å². The summed E-state index contributed by atoms with van der Waals surface area (Å²) in [7, 11) is 5.61. The van der Waals surface area contributed by atoms with Crippen LogP contribution in [0.3, 0.4) is 0 Å². The van der Waals surface area contributed by atoms with E-state index in [2.05, 4.69) is 23.8 Å². The van der Waals surface area contributed by atoms with Gasteiger partial charge in [-0.05, 0) is 18.6 Å². The highest BCUT2D eigenvalue weighted by atomic mass is 31.0. The first kappa shape index (κ1) is 5.95. The Hall–Kier alpha value is 0.820. The van der Waals surface area contributed by atoms with Gasteiger partial charge in [0.25, 0.3) is 0 Å². The summed E-state index contributed by atoms with van der Waals surface area (Å²) in [6.07, 6.45) is 1.30. The third kappa shape index (κ3) is 1.35. The Bertz CT molecular complexity index is 58.7. The van der Waals surface area contributed by atoms with Crippen molar-refractivity contribution in [3.8, 4) is 0 Å². The fraction of sp³-hybridized carbons (Fsp3) is 1.00. The Balaban J connectivity index is 2.33. The van der Waals surface area contributed by atoms with E-state index in [0.29, 0.717) is 5.78 Å². The molecule has 1 heterocycles. The fourth-order valence-electron chi connectivity index (χ4n) is 0.748. The summed E-state index contributed by atoms with van der Waals surface area (Å²) in [5.74, 6) is 0.644. The Kier molecular flexibility index (Phi) is 2.04. The molecule has 0 aliphatic carbocycles. The summed E-state index contributed by atoms with van der Waals surface area (Å²) in [4.78, 5) is 0. The van der Waals surface area contributed by atoms with E-state index < -0.39 is 0 Å². The van der Waals surface area contributed by atoms with Gasteiger partial charge in [0.2, 0.25) is 0 Å². The van der Waals surface area contributed by atoms with Crippen LogP contribution in [-0.4, -0.2) is 18.0 Å². The molecule has 4 unspecified atom stereocenters. The van der Waals surface area contributed by atoms with E-state index in [1.54, 1.807) is 0 Å². The zero-order chi connectivity index (χ0) is 5.28. The van der Waals surface area contributed by atoms with Gasteiger partial charge in [0, 0.05) is 5.78 Å². The second kappa shape index (κ2) is 2.40. The largest absolute Gasteiger partial charge is 0.310 e. The maximum Gasteiger partial charge on any atom is 0.0274 e. The third-order valence-corrected chi connectivity index (χ3v) is 3.24. The minimum Gasteiger partial charge on any atom is -0.310 e. The molecule has 1 saturated heterocycles. The monoisotopic (exact) mass is 135 g/mol. The predicted molar refractivity (Wildman–Crippen MR) is 39.6 cm³/mol. The van der Waals surface area contributed by atoms with Gasteiger partial charge in [-0.1, -0.05) is 0 Å². The number of nitrogens with one attached hydrogen (secondary N) is 1. The number of hydrogen-bond donors (Lipinski definition) is 1. The van der Waals surface area contributed by atoms with E-state index in [0.717, 1.165) is 5.66 Å². The van der Waals surface area contributed by atoms with Crippen molar-refractivity contribution in [2.75, 3.05) is 6.54 Å². The van der Waals surface area contributed by atoms with Crippen LogP contribution in [0.15, 0.2) is 0 Å². The van der Waals surface area contributed by atoms with Crippen molar-refractivity contribution >= 4 is 18.5 Å². The first-order chi connectivity index (χ1) is 3.30. The van der Waals surface area contributed by atoms with Gasteiger partial charge in [-0.15, -0.1) is 18.5 Å². The fourth-order valence-corrected chi connectivity index (χ4v) is 1.41. The Morgan fingerprint density at radius 3 is 2.29 bits per heavy atom. The lowest BCUT2D eigenvalue weighted by Crippen LogP contribution is -2.18. The SMILES string of the molecule is PC1CCNC1P. The molecule has 1 rings (SSSR count). The van der Waals surface area contributed by atoms with Crippen LogP contribution in [0, 0.1) is 0 Å². The maximum atomic E-state index is 3.31. The third-order valence-electron chi connectivity index (χ3n) is 1.32. The Morgan fingerprint density at radius 1 is 1.43 bits per heavy atom. The molecule has 1 N–H and O–H groups in total. The maximum absolute atomic E-state index is 3.31. The molecule has 0 radical (unpaired) electrons. The van der Waals surface area contributed by atoms with Crippen molar-refractivity contribution in [3.05, 3.63) is 0 Å². The minimum atomic E-state index is 0.644. The van der Waals surface area contributed by atoms with Crippen molar-refractivity contribution in [1.82, 2.24) is 5.32 Å². The van der Waals surface area contributed by atoms with Crippen LogP contribution in [0.5, 0.6) is 0 Å². The van der Waals surface area contributed by atoms with Gasteiger partial charge in [-0.25, -0.2) is 0 Å². The molecular weight excluding hydrogens is 124 g/mol. The molecule has 0 bridgehead atoms. The van der Waals surface area contributed by atoms with Crippen LogP contribution in [0.4, 0.5) is 0 Å². The normalized spacial score (nSPS) is 42.0. The van der Waals surface area contributed by atoms with Gasteiger partial charge >= 0.3 is 0 Å². The second-order valence-corrected chi connectivity index (χ2v) is 3.51. The molecule has 1 nitrogen and oxygen atoms in total. The molecule has 0 spiro atoms. The summed E-state index contributed by atoms with van der Waals surface area (Å²) >= 11 is 0. The molecule has 0 aromatic rings. The van der Waals surface area contributed by atoms with Crippen molar-refractivity contribution in [2.24, 2.45) is 0 Å². The van der Waals surface area contributed by atoms with E-state index in [1.165, 1.54) is 13.0 Å². The summed E-state index contributed by atoms with van der Waals surface area (Å²) in [6, 6.07) is 0. The summed E-state index contributed by atoms with van der Waals surface area (Å²) in [6.45, 7) is 1.18. The van der Waals surface area contributed by atoms with Gasteiger partial charge < -0.3 is 5.32 Å². The molecule has 0 aromatic carbocycles. The van der Waals surface area contributed by atoms with Gasteiger partial charge in [0.15, 0.2) is 0 Å².